The van der Waals surface area contributed by atoms with Crippen molar-refractivity contribution >= 4 is 35.6 Å². The van der Waals surface area contributed by atoms with E-state index in [1.165, 1.54) is 0 Å². The Labute approximate surface area is 131 Å². The number of nitrogens with one attached hydrogen (secondary N) is 1. The minimum atomic E-state index is 0. The van der Waals surface area contributed by atoms with Crippen molar-refractivity contribution in [3.05, 3.63) is 29.8 Å². The number of methoxy groups -OCH3 is 2. The average Bonchev–Trinajstić information content (AvgIpc) is 2.38. The van der Waals surface area contributed by atoms with Gasteiger partial charge >= 0.3 is 0 Å². The molecule has 3 N–H and O–H groups in total. The molecule has 108 valence electrons. The third kappa shape index (κ3) is 6.74. The topological polar surface area (TPSA) is 68.9 Å². The van der Waals surface area contributed by atoms with Crippen LogP contribution in [0.4, 0.5) is 5.69 Å². The van der Waals surface area contributed by atoms with Crippen molar-refractivity contribution in [2.75, 3.05) is 26.1 Å². The summed E-state index contributed by atoms with van der Waals surface area (Å²) in [5, 5.41) is 3.07. The van der Waals surface area contributed by atoms with E-state index in [2.05, 4.69) is 10.3 Å². The molecule has 6 heteroatoms. The van der Waals surface area contributed by atoms with E-state index in [0.717, 1.165) is 11.3 Å². The second kappa shape index (κ2) is 9.99. The summed E-state index contributed by atoms with van der Waals surface area (Å²) in [6, 6.07) is 7.82. The molecule has 1 aromatic carbocycles. The number of benzene rings is 1. The van der Waals surface area contributed by atoms with E-state index in [0.29, 0.717) is 19.1 Å². The van der Waals surface area contributed by atoms with E-state index in [1.807, 2.05) is 31.2 Å². The van der Waals surface area contributed by atoms with E-state index >= 15 is 0 Å². The quantitative estimate of drug-likeness (QED) is 0.452. The van der Waals surface area contributed by atoms with E-state index in [9.17, 15) is 0 Å². The first-order valence-electron chi connectivity index (χ1n) is 5.84. The first-order chi connectivity index (χ1) is 8.67. The maximum Gasteiger partial charge on any atom is 0.193 e. The molecule has 0 aliphatic heterocycles. The van der Waals surface area contributed by atoms with Crippen LogP contribution >= 0.6 is 24.0 Å². The SMILES string of the molecule is COCc1ccccc1NC(N)=NCC(C)OC.I. The van der Waals surface area contributed by atoms with E-state index < -0.39 is 0 Å². The van der Waals surface area contributed by atoms with Crippen molar-refractivity contribution in [3.8, 4) is 0 Å². The number of nitrogens with zero attached hydrogens (tertiary/aromatic N) is 1. The molecule has 1 aromatic rings. The van der Waals surface area contributed by atoms with Crippen molar-refractivity contribution < 1.29 is 9.47 Å². The third-order valence-electron chi connectivity index (χ3n) is 2.50. The Balaban J connectivity index is 0.00000324. The van der Waals surface area contributed by atoms with Crippen molar-refractivity contribution in [1.29, 1.82) is 0 Å². The smallest absolute Gasteiger partial charge is 0.193 e. The normalized spacial score (nSPS) is 12.7. The lowest BCUT2D eigenvalue weighted by Crippen LogP contribution is -2.25. The molecule has 1 rings (SSSR count). The van der Waals surface area contributed by atoms with Gasteiger partial charge in [0, 0.05) is 25.5 Å². The van der Waals surface area contributed by atoms with Crippen LogP contribution in [-0.4, -0.2) is 32.8 Å². The van der Waals surface area contributed by atoms with E-state index in [1.54, 1.807) is 14.2 Å². The lowest BCUT2D eigenvalue weighted by molar-refractivity contribution is 0.125. The van der Waals surface area contributed by atoms with Crippen LogP contribution in [0.1, 0.15) is 12.5 Å². The van der Waals surface area contributed by atoms with Gasteiger partial charge in [0.2, 0.25) is 0 Å². The Morgan fingerprint density at radius 1 is 1.37 bits per heavy atom. The van der Waals surface area contributed by atoms with Gasteiger partial charge in [-0.15, -0.1) is 24.0 Å². The van der Waals surface area contributed by atoms with Gasteiger partial charge in [-0.1, -0.05) is 18.2 Å². The van der Waals surface area contributed by atoms with Gasteiger partial charge in [-0.2, -0.15) is 0 Å². The molecule has 0 spiro atoms. The fourth-order valence-corrected chi connectivity index (χ4v) is 1.40. The van der Waals surface area contributed by atoms with Gasteiger partial charge in [-0.05, 0) is 13.0 Å². The van der Waals surface area contributed by atoms with Gasteiger partial charge in [-0.3, -0.25) is 4.99 Å². The molecule has 0 heterocycles. The summed E-state index contributed by atoms with van der Waals surface area (Å²) in [5.41, 5.74) is 7.76. The maximum atomic E-state index is 5.82. The van der Waals surface area contributed by atoms with Gasteiger partial charge in [0.1, 0.15) is 0 Å². The highest BCUT2D eigenvalue weighted by Crippen LogP contribution is 2.15. The summed E-state index contributed by atoms with van der Waals surface area (Å²) in [7, 11) is 3.31. The molecule has 1 atom stereocenters. The molecule has 0 radical (unpaired) electrons. The number of hydrogen-bond acceptors (Lipinski definition) is 3. The molecule has 0 saturated carbocycles. The molecule has 0 aliphatic rings. The zero-order chi connectivity index (χ0) is 13.4. The first kappa shape index (κ1) is 18.1. The predicted molar refractivity (Wildman–Crippen MR) is 89.2 cm³/mol. The minimum absolute atomic E-state index is 0. The lowest BCUT2D eigenvalue weighted by atomic mass is 10.2. The molecule has 0 fully saturated rings. The Kier molecular flexibility index (Phi) is 9.54. The average molecular weight is 379 g/mol. The zero-order valence-electron chi connectivity index (χ0n) is 11.6. The molecule has 5 nitrogen and oxygen atoms in total. The number of hydrogen-bond donors (Lipinski definition) is 2. The number of ether oxygens (including phenoxy) is 2. The molecule has 0 aliphatic carbocycles. The molecule has 0 aromatic heterocycles. The number of rotatable bonds is 6. The van der Waals surface area contributed by atoms with Crippen molar-refractivity contribution in [2.24, 2.45) is 10.7 Å². The summed E-state index contributed by atoms with van der Waals surface area (Å²) in [5.74, 6) is 0.377. The number of guanidine groups is 1. The third-order valence-corrected chi connectivity index (χ3v) is 2.50. The number of nitrogens with two attached hydrogens (primary N) is 1. The van der Waals surface area contributed by atoms with Crippen LogP contribution in [0.15, 0.2) is 29.3 Å². The Bertz CT molecular complexity index is 399. The second-order valence-electron chi connectivity index (χ2n) is 3.99. The largest absolute Gasteiger partial charge is 0.380 e. The number of para-hydroxylation sites is 1. The van der Waals surface area contributed by atoms with Crippen LogP contribution < -0.4 is 11.1 Å². The van der Waals surface area contributed by atoms with E-state index in [-0.39, 0.29) is 30.1 Å². The van der Waals surface area contributed by atoms with Gasteiger partial charge in [0.05, 0.1) is 19.3 Å². The van der Waals surface area contributed by atoms with E-state index in [4.69, 9.17) is 15.2 Å². The summed E-state index contributed by atoms with van der Waals surface area (Å²) >= 11 is 0. The monoisotopic (exact) mass is 379 g/mol. The standard InChI is InChI=1S/C13H21N3O2.HI/c1-10(18-3)8-15-13(14)16-12-7-5-4-6-11(12)9-17-2;/h4-7,10H,8-9H2,1-3H3,(H3,14,15,16);1H. The molecule has 0 saturated heterocycles. The number of halogens is 1. The van der Waals surface area contributed by atoms with Crippen LogP contribution in [0.2, 0.25) is 0 Å². The maximum absolute atomic E-state index is 5.82. The fraction of sp³-hybridized carbons (Fsp3) is 0.462. The van der Waals surface area contributed by atoms with Gasteiger partial charge in [-0.25, -0.2) is 0 Å². The highest BCUT2D eigenvalue weighted by Gasteiger charge is 2.03. The Morgan fingerprint density at radius 2 is 2.05 bits per heavy atom. The molecule has 19 heavy (non-hydrogen) atoms. The minimum Gasteiger partial charge on any atom is -0.380 e. The van der Waals surface area contributed by atoms with Crippen LogP contribution in [0.5, 0.6) is 0 Å². The zero-order valence-corrected chi connectivity index (χ0v) is 13.9. The molecule has 1 unspecified atom stereocenters. The van der Waals surface area contributed by atoms with Crippen molar-refractivity contribution in [1.82, 2.24) is 0 Å². The van der Waals surface area contributed by atoms with Crippen LogP contribution in [0.3, 0.4) is 0 Å². The van der Waals surface area contributed by atoms with Crippen LogP contribution in [-0.2, 0) is 16.1 Å². The number of aliphatic imine (C=N–C) groups is 1. The first-order valence-corrected chi connectivity index (χ1v) is 5.84. The molecule has 0 amide bonds. The van der Waals surface area contributed by atoms with Crippen molar-refractivity contribution in [3.63, 3.8) is 0 Å². The summed E-state index contributed by atoms with van der Waals surface area (Å²) in [6.45, 7) is 3.00. The van der Waals surface area contributed by atoms with Gasteiger partial charge in [0.25, 0.3) is 0 Å². The molecular weight excluding hydrogens is 357 g/mol. The Hall–Kier alpha value is -0.860. The Morgan fingerprint density at radius 3 is 2.68 bits per heavy atom. The molecular formula is C13H22IN3O2. The summed E-state index contributed by atoms with van der Waals surface area (Å²) in [6.07, 6.45) is 0.0552. The van der Waals surface area contributed by atoms with Crippen LogP contribution in [0, 0.1) is 0 Å². The highest BCUT2D eigenvalue weighted by molar-refractivity contribution is 14.0. The van der Waals surface area contributed by atoms with Gasteiger partial charge < -0.3 is 20.5 Å². The second-order valence-corrected chi connectivity index (χ2v) is 3.99. The lowest BCUT2D eigenvalue weighted by Gasteiger charge is -2.11. The number of anilines is 1. The highest BCUT2D eigenvalue weighted by atomic mass is 127. The van der Waals surface area contributed by atoms with Gasteiger partial charge in [0.15, 0.2) is 5.96 Å². The summed E-state index contributed by atoms with van der Waals surface area (Å²) in [4.78, 5) is 4.21. The molecule has 0 bridgehead atoms. The van der Waals surface area contributed by atoms with Crippen molar-refractivity contribution in [2.45, 2.75) is 19.6 Å². The van der Waals surface area contributed by atoms with Crippen LogP contribution in [0.25, 0.3) is 0 Å². The fourth-order valence-electron chi connectivity index (χ4n) is 1.40. The summed E-state index contributed by atoms with van der Waals surface area (Å²) < 4.78 is 10.2. The predicted octanol–water partition coefficient (Wildman–Crippen LogP) is 2.21.